The summed E-state index contributed by atoms with van der Waals surface area (Å²) < 4.78 is 5.45. The van der Waals surface area contributed by atoms with E-state index in [2.05, 4.69) is 15.9 Å². The Morgan fingerprint density at radius 3 is 3.00 bits per heavy atom. The van der Waals surface area contributed by atoms with E-state index in [1.54, 1.807) is 0 Å². The van der Waals surface area contributed by atoms with Gasteiger partial charge in [0.15, 0.2) is 0 Å². The van der Waals surface area contributed by atoms with E-state index in [1.807, 2.05) is 36.1 Å². The Balaban J connectivity index is 2.03. The van der Waals surface area contributed by atoms with Gasteiger partial charge in [0.05, 0.1) is 11.4 Å². The van der Waals surface area contributed by atoms with E-state index in [0.717, 1.165) is 24.3 Å². The molecule has 92 valence electrons. The second-order valence-corrected chi connectivity index (χ2v) is 5.20. The summed E-state index contributed by atoms with van der Waals surface area (Å²) in [5, 5.41) is 0. The number of hydrogen-bond donors (Lipinski definition) is 0. The first-order chi connectivity index (χ1) is 8.20. The Morgan fingerprint density at radius 1 is 1.53 bits per heavy atom. The van der Waals surface area contributed by atoms with Crippen molar-refractivity contribution in [3.8, 4) is 5.75 Å². The quantitative estimate of drug-likeness (QED) is 0.800. The van der Waals surface area contributed by atoms with Gasteiger partial charge in [0.2, 0.25) is 5.91 Å². The van der Waals surface area contributed by atoms with Crippen molar-refractivity contribution in [3.05, 3.63) is 29.8 Å². The summed E-state index contributed by atoms with van der Waals surface area (Å²) in [5.41, 5.74) is 1.12. The van der Waals surface area contributed by atoms with Crippen molar-refractivity contribution in [1.29, 1.82) is 0 Å². The Bertz CT molecular complexity index is 408. The number of halogens is 1. The summed E-state index contributed by atoms with van der Waals surface area (Å²) in [4.78, 5) is 13.6. The van der Waals surface area contributed by atoms with Gasteiger partial charge in [-0.2, -0.15) is 0 Å². The lowest BCUT2D eigenvalue weighted by atomic mass is 10.2. The number of alkyl halides is 1. The highest BCUT2D eigenvalue weighted by Gasteiger charge is 2.29. The van der Waals surface area contributed by atoms with Gasteiger partial charge < -0.3 is 9.64 Å². The van der Waals surface area contributed by atoms with Crippen LogP contribution in [0.25, 0.3) is 0 Å². The number of benzene rings is 1. The van der Waals surface area contributed by atoms with E-state index in [4.69, 9.17) is 4.74 Å². The van der Waals surface area contributed by atoms with Gasteiger partial charge in [0.25, 0.3) is 0 Å². The van der Waals surface area contributed by atoms with E-state index >= 15 is 0 Å². The third-order valence-corrected chi connectivity index (χ3v) is 3.66. The van der Waals surface area contributed by atoms with Crippen LogP contribution < -0.4 is 4.74 Å². The van der Waals surface area contributed by atoms with Crippen LogP contribution in [-0.4, -0.2) is 28.8 Å². The van der Waals surface area contributed by atoms with Crippen LogP contribution >= 0.6 is 15.9 Å². The van der Waals surface area contributed by atoms with Gasteiger partial charge in [-0.25, -0.2) is 0 Å². The molecule has 0 saturated carbocycles. The van der Waals surface area contributed by atoms with Crippen LogP contribution in [-0.2, 0) is 11.3 Å². The van der Waals surface area contributed by atoms with Crippen LogP contribution in [0.4, 0.5) is 0 Å². The summed E-state index contributed by atoms with van der Waals surface area (Å²) in [7, 11) is 0. The molecule has 4 heteroatoms. The Kier molecular flexibility index (Phi) is 4.05. The molecule has 1 amide bonds. The molecule has 0 spiro atoms. The molecule has 1 heterocycles. The molecule has 1 aliphatic heterocycles. The predicted molar refractivity (Wildman–Crippen MR) is 70.4 cm³/mol. The van der Waals surface area contributed by atoms with Crippen molar-refractivity contribution in [2.24, 2.45) is 0 Å². The van der Waals surface area contributed by atoms with Crippen LogP contribution in [0.5, 0.6) is 5.75 Å². The maximum absolute atomic E-state index is 11.8. The van der Waals surface area contributed by atoms with Crippen LogP contribution in [0.2, 0.25) is 0 Å². The molecule has 0 bridgehead atoms. The van der Waals surface area contributed by atoms with Crippen molar-refractivity contribution in [1.82, 2.24) is 4.90 Å². The van der Waals surface area contributed by atoms with Crippen LogP contribution in [0.15, 0.2) is 24.3 Å². The van der Waals surface area contributed by atoms with E-state index < -0.39 is 0 Å². The zero-order valence-electron chi connectivity index (χ0n) is 9.86. The zero-order valence-corrected chi connectivity index (χ0v) is 11.4. The fourth-order valence-corrected chi connectivity index (χ4v) is 2.47. The molecule has 2 rings (SSSR count). The van der Waals surface area contributed by atoms with Crippen LogP contribution in [0, 0.1) is 0 Å². The van der Waals surface area contributed by atoms with Gasteiger partial charge in [0, 0.05) is 13.1 Å². The first-order valence-corrected chi connectivity index (χ1v) is 6.77. The highest BCUT2D eigenvalue weighted by Crippen LogP contribution is 2.22. The average molecular weight is 298 g/mol. The number of ether oxygens (including phenoxy) is 1. The minimum absolute atomic E-state index is 0.00225. The zero-order chi connectivity index (χ0) is 12.3. The average Bonchev–Trinajstić information content (AvgIpc) is 2.62. The first kappa shape index (κ1) is 12.4. The number of carbonyl (C=O) groups excluding carboxylic acids is 1. The molecule has 1 atom stereocenters. The standard InChI is InChI=1S/C13H16BrNO2/c1-2-17-11-5-3-4-10(8-11)9-15-7-6-12(14)13(15)16/h3-5,8,12H,2,6-7,9H2,1H3. The van der Waals surface area contributed by atoms with Crippen molar-refractivity contribution in [2.75, 3.05) is 13.2 Å². The van der Waals surface area contributed by atoms with Gasteiger partial charge in [0.1, 0.15) is 5.75 Å². The molecule has 1 unspecified atom stereocenters. The van der Waals surface area contributed by atoms with E-state index in [9.17, 15) is 4.79 Å². The van der Waals surface area contributed by atoms with Gasteiger partial charge in [-0.15, -0.1) is 0 Å². The molecule has 0 radical (unpaired) electrons. The van der Waals surface area contributed by atoms with Gasteiger partial charge >= 0.3 is 0 Å². The van der Waals surface area contributed by atoms with Crippen molar-refractivity contribution in [2.45, 2.75) is 24.7 Å². The molecule has 3 nitrogen and oxygen atoms in total. The third kappa shape index (κ3) is 3.00. The lowest BCUT2D eigenvalue weighted by molar-refractivity contribution is -0.127. The minimum Gasteiger partial charge on any atom is -0.494 e. The van der Waals surface area contributed by atoms with Gasteiger partial charge in [-0.3, -0.25) is 4.79 Å². The van der Waals surface area contributed by atoms with E-state index in [-0.39, 0.29) is 10.7 Å². The predicted octanol–water partition coefficient (Wildman–Crippen LogP) is 2.58. The molecular weight excluding hydrogens is 282 g/mol. The first-order valence-electron chi connectivity index (χ1n) is 5.85. The number of likely N-dealkylation sites (tertiary alicyclic amines) is 1. The van der Waals surface area contributed by atoms with Crippen molar-refractivity contribution >= 4 is 21.8 Å². The molecule has 17 heavy (non-hydrogen) atoms. The molecular formula is C13H16BrNO2. The summed E-state index contributed by atoms with van der Waals surface area (Å²) in [6, 6.07) is 7.92. The fraction of sp³-hybridized carbons (Fsp3) is 0.462. The number of nitrogens with zero attached hydrogens (tertiary/aromatic N) is 1. The topological polar surface area (TPSA) is 29.5 Å². The maximum atomic E-state index is 11.8. The minimum atomic E-state index is -0.00225. The Morgan fingerprint density at radius 2 is 2.35 bits per heavy atom. The van der Waals surface area contributed by atoms with Crippen LogP contribution in [0.1, 0.15) is 18.9 Å². The molecule has 1 aromatic carbocycles. The highest BCUT2D eigenvalue weighted by atomic mass is 79.9. The van der Waals surface area contributed by atoms with Gasteiger partial charge in [-0.1, -0.05) is 28.1 Å². The summed E-state index contributed by atoms with van der Waals surface area (Å²) in [5.74, 6) is 1.05. The SMILES string of the molecule is CCOc1cccc(CN2CCC(Br)C2=O)c1. The molecule has 0 aliphatic carbocycles. The molecule has 1 fully saturated rings. The number of hydrogen-bond acceptors (Lipinski definition) is 2. The molecule has 0 N–H and O–H groups in total. The van der Waals surface area contributed by atoms with Crippen molar-refractivity contribution < 1.29 is 9.53 Å². The fourth-order valence-electron chi connectivity index (χ4n) is 1.98. The summed E-state index contributed by atoms with van der Waals surface area (Å²) >= 11 is 3.38. The number of rotatable bonds is 4. The second-order valence-electron chi connectivity index (χ2n) is 4.10. The second kappa shape index (κ2) is 5.54. The molecule has 1 aliphatic rings. The molecule has 1 saturated heterocycles. The van der Waals surface area contributed by atoms with E-state index in [1.165, 1.54) is 0 Å². The lowest BCUT2D eigenvalue weighted by Crippen LogP contribution is -2.26. The number of amides is 1. The molecule has 0 aromatic heterocycles. The normalized spacial score (nSPS) is 19.8. The largest absolute Gasteiger partial charge is 0.494 e. The Hall–Kier alpha value is -1.03. The molecule has 1 aromatic rings. The van der Waals surface area contributed by atoms with Crippen molar-refractivity contribution in [3.63, 3.8) is 0 Å². The Labute approximate surface area is 110 Å². The maximum Gasteiger partial charge on any atom is 0.236 e. The monoisotopic (exact) mass is 297 g/mol. The summed E-state index contributed by atoms with van der Waals surface area (Å²) in [6.07, 6.45) is 0.893. The highest BCUT2D eigenvalue weighted by molar-refractivity contribution is 9.10. The number of carbonyl (C=O) groups is 1. The van der Waals surface area contributed by atoms with E-state index in [0.29, 0.717) is 13.2 Å². The third-order valence-electron chi connectivity index (χ3n) is 2.81. The lowest BCUT2D eigenvalue weighted by Gasteiger charge is -2.16. The summed E-state index contributed by atoms with van der Waals surface area (Å²) in [6.45, 7) is 4.12. The van der Waals surface area contributed by atoms with Gasteiger partial charge in [-0.05, 0) is 31.0 Å². The smallest absolute Gasteiger partial charge is 0.236 e. The van der Waals surface area contributed by atoms with Crippen LogP contribution in [0.3, 0.4) is 0 Å².